The number of carbonyl (C=O) groups excluding carboxylic acids is 5. The fourth-order valence-electron chi connectivity index (χ4n) is 3.79. The topological polar surface area (TPSA) is 148 Å². The summed E-state index contributed by atoms with van der Waals surface area (Å²) in [4.78, 5) is 63.2. The largest absolute Gasteiger partial charge is 0.477 e. The van der Waals surface area contributed by atoms with Crippen LogP contribution in [0.5, 0.6) is 5.88 Å². The molecule has 5 amide bonds. The first-order chi connectivity index (χ1) is 15.7. The highest BCUT2D eigenvalue weighted by Crippen LogP contribution is 2.34. The Bertz CT molecular complexity index is 1180. The molecule has 1 aromatic heterocycles. The van der Waals surface area contributed by atoms with Crippen LogP contribution in [0.25, 0.3) is 0 Å². The number of hydrogen-bond acceptors (Lipinski definition) is 8. The molecule has 1 atom stereocenters. The standard InChI is InChI=1S/C22H21N5O6/c1-3-33-17-7-6-15(25-26-17)18(29)23-11-12-4-5-13-14(10-12)20(31)27(19(13)30)22(2)9-8-16(28)24-21(22)32/h4-7,10H,3,8-9,11H2,1-2H3,(H,23,29)(H,24,28,32). The minimum absolute atomic E-state index is 0.0291. The molecule has 0 bridgehead atoms. The minimum Gasteiger partial charge on any atom is -0.477 e. The van der Waals surface area contributed by atoms with Crippen LogP contribution in [-0.4, -0.2) is 56.8 Å². The Morgan fingerprint density at radius 2 is 1.88 bits per heavy atom. The van der Waals surface area contributed by atoms with Gasteiger partial charge in [-0.2, -0.15) is 0 Å². The van der Waals surface area contributed by atoms with Crippen molar-refractivity contribution in [2.24, 2.45) is 0 Å². The van der Waals surface area contributed by atoms with Crippen LogP contribution in [0.3, 0.4) is 0 Å². The Morgan fingerprint density at radius 3 is 2.55 bits per heavy atom. The first-order valence-electron chi connectivity index (χ1n) is 10.4. The molecule has 2 aliphatic heterocycles. The number of nitrogens with one attached hydrogen (secondary N) is 2. The molecule has 2 N–H and O–H groups in total. The Labute approximate surface area is 188 Å². The lowest BCUT2D eigenvalue weighted by atomic mass is 9.89. The van der Waals surface area contributed by atoms with Crippen molar-refractivity contribution in [1.29, 1.82) is 0 Å². The van der Waals surface area contributed by atoms with Gasteiger partial charge in [0, 0.05) is 19.0 Å². The summed E-state index contributed by atoms with van der Waals surface area (Å²) in [5.41, 5.74) is -0.473. The van der Waals surface area contributed by atoms with Gasteiger partial charge in [-0.25, -0.2) is 0 Å². The molecule has 0 aliphatic carbocycles. The second kappa shape index (κ2) is 8.41. The summed E-state index contributed by atoms with van der Waals surface area (Å²) < 4.78 is 5.19. The zero-order chi connectivity index (χ0) is 23.8. The number of fused-ring (bicyclic) bond motifs is 1. The number of ether oxygens (including phenoxy) is 1. The van der Waals surface area contributed by atoms with Gasteiger partial charge in [0.25, 0.3) is 23.6 Å². The van der Waals surface area contributed by atoms with Gasteiger partial charge < -0.3 is 10.1 Å². The van der Waals surface area contributed by atoms with E-state index in [0.717, 1.165) is 4.90 Å². The zero-order valence-electron chi connectivity index (χ0n) is 18.0. The van der Waals surface area contributed by atoms with Crippen LogP contribution in [-0.2, 0) is 16.1 Å². The molecular formula is C22H21N5O6. The van der Waals surface area contributed by atoms with E-state index in [-0.39, 0.29) is 36.2 Å². The maximum atomic E-state index is 13.1. The van der Waals surface area contributed by atoms with Gasteiger partial charge in [0.1, 0.15) is 5.54 Å². The van der Waals surface area contributed by atoms with Gasteiger partial charge in [0.05, 0.1) is 17.7 Å². The van der Waals surface area contributed by atoms with Crippen molar-refractivity contribution in [3.05, 3.63) is 52.7 Å². The summed E-state index contributed by atoms with van der Waals surface area (Å²) in [6.07, 6.45) is 0.0799. The lowest BCUT2D eigenvalue weighted by Gasteiger charge is -2.38. The number of amides is 5. The molecule has 11 nitrogen and oxygen atoms in total. The number of rotatable bonds is 6. The summed E-state index contributed by atoms with van der Waals surface area (Å²) >= 11 is 0. The van der Waals surface area contributed by atoms with Crippen LogP contribution < -0.4 is 15.4 Å². The molecule has 2 aliphatic rings. The first kappa shape index (κ1) is 22.1. The number of benzene rings is 1. The van der Waals surface area contributed by atoms with E-state index in [1.54, 1.807) is 6.07 Å². The summed E-state index contributed by atoms with van der Waals surface area (Å²) in [5.74, 6) is -2.49. The molecule has 33 heavy (non-hydrogen) atoms. The lowest BCUT2D eigenvalue weighted by molar-refractivity contribution is -0.140. The number of hydrogen-bond donors (Lipinski definition) is 2. The van der Waals surface area contributed by atoms with E-state index in [0.29, 0.717) is 18.1 Å². The molecule has 1 aromatic carbocycles. The van der Waals surface area contributed by atoms with Gasteiger partial charge in [-0.1, -0.05) is 6.07 Å². The zero-order valence-corrected chi connectivity index (χ0v) is 18.0. The van der Waals surface area contributed by atoms with E-state index >= 15 is 0 Å². The molecule has 11 heteroatoms. The van der Waals surface area contributed by atoms with Crippen molar-refractivity contribution in [3.8, 4) is 5.88 Å². The van der Waals surface area contributed by atoms with Crippen molar-refractivity contribution >= 4 is 29.5 Å². The van der Waals surface area contributed by atoms with E-state index in [2.05, 4.69) is 20.8 Å². The molecule has 0 radical (unpaired) electrons. The van der Waals surface area contributed by atoms with E-state index in [9.17, 15) is 24.0 Å². The van der Waals surface area contributed by atoms with E-state index in [1.807, 2.05) is 6.92 Å². The van der Waals surface area contributed by atoms with Crippen LogP contribution in [0.2, 0.25) is 0 Å². The van der Waals surface area contributed by atoms with Crippen LogP contribution in [0.1, 0.15) is 63.5 Å². The van der Waals surface area contributed by atoms with Gasteiger partial charge in [0.15, 0.2) is 5.69 Å². The van der Waals surface area contributed by atoms with Crippen LogP contribution in [0, 0.1) is 0 Å². The smallest absolute Gasteiger partial charge is 0.272 e. The first-order valence-corrected chi connectivity index (χ1v) is 10.4. The number of nitrogens with zero attached hydrogens (tertiary/aromatic N) is 3. The van der Waals surface area contributed by atoms with Crippen molar-refractivity contribution in [2.75, 3.05) is 6.61 Å². The van der Waals surface area contributed by atoms with Crippen molar-refractivity contribution in [2.45, 2.75) is 38.8 Å². The van der Waals surface area contributed by atoms with Gasteiger partial charge in [-0.15, -0.1) is 10.2 Å². The third kappa shape index (κ3) is 3.93. The van der Waals surface area contributed by atoms with Gasteiger partial charge in [0.2, 0.25) is 11.8 Å². The molecule has 1 unspecified atom stereocenters. The number of carbonyl (C=O) groups is 5. The Morgan fingerprint density at radius 1 is 1.12 bits per heavy atom. The van der Waals surface area contributed by atoms with Crippen LogP contribution in [0.4, 0.5) is 0 Å². The Kier molecular flexibility index (Phi) is 5.62. The fraction of sp³-hybridized carbons (Fsp3) is 0.318. The number of imide groups is 2. The molecule has 4 rings (SSSR count). The van der Waals surface area contributed by atoms with E-state index in [4.69, 9.17) is 4.74 Å². The molecule has 3 heterocycles. The molecule has 0 saturated carbocycles. The number of piperidine rings is 1. The van der Waals surface area contributed by atoms with Gasteiger partial charge >= 0.3 is 0 Å². The third-order valence-corrected chi connectivity index (χ3v) is 5.64. The number of aromatic nitrogens is 2. The second-order valence-electron chi connectivity index (χ2n) is 7.85. The predicted octanol–water partition coefficient (Wildman–Crippen LogP) is 0.597. The monoisotopic (exact) mass is 451 g/mol. The van der Waals surface area contributed by atoms with E-state index in [1.165, 1.54) is 31.2 Å². The third-order valence-electron chi connectivity index (χ3n) is 5.64. The summed E-state index contributed by atoms with van der Waals surface area (Å²) in [6.45, 7) is 3.78. The highest BCUT2D eigenvalue weighted by atomic mass is 16.5. The van der Waals surface area contributed by atoms with E-state index < -0.39 is 35.1 Å². The second-order valence-corrected chi connectivity index (χ2v) is 7.85. The SMILES string of the molecule is CCOc1ccc(C(=O)NCc2ccc3c(c2)C(=O)N(C2(C)CCC(=O)NC2=O)C3=O)nn1. The molecule has 170 valence electrons. The maximum Gasteiger partial charge on any atom is 0.272 e. The van der Waals surface area contributed by atoms with Crippen molar-refractivity contribution < 1.29 is 28.7 Å². The normalized spacial score (nSPS) is 19.9. The Balaban J connectivity index is 1.48. The van der Waals surface area contributed by atoms with Crippen LogP contribution >= 0.6 is 0 Å². The molecule has 1 saturated heterocycles. The van der Waals surface area contributed by atoms with Gasteiger partial charge in [-0.05, 0) is 44.0 Å². The summed E-state index contributed by atoms with van der Waals surface area (Å²) in [7, 11) is 0. The van der Waals surface area contributed by atoms with Gasteiger partial charge in [-0.3, -0.25) is 34.2 Å². The van der Waals surface area contributed by atoms with Crippen molar-refractivity contribution in [3.63, 3.8) is 0 Å². The quantitative estimate of drug-likeness (QED) is 0.607. The molecular weight excluding hydrogens is 430 g/mol. The summed E-state index contributed by atoms with van der Waals surface area (Å²) in [6, 6.07) is 7.63. The molecule has 1 fully saturated rings. The maximum absolute atomic E-state index is 13.1. The minimum atomic E-state index is -1.46. The lowest BCUT2D eigenvalue weighted by Crippen LogP contribution is -2.62. The van der Waals surface area contributed by atoms with Crippen LogP contribution in [0.15, 0.2) is 30.3 Å². The summed E-state index contributed by atoms with van der Waals surface area (Å²) in [5, 5.41) is 12.5. The van der Waals surface area contributed by atoms with Crippen molar-refractivity contribution in [1.82, 2.24) is 25.7 Å². The highest BCUT2D eigenvalue weighted by molar-refractivity contribution is 6.24. The Hall–Kier alpha value is -4.15. The fourth-order valence-corrected chi connectivity index (χ4v) is 3.79. The predicted molar refractivity (Wildman–Crippen MR) is 112 cm³/mol. The highest BCUT2D eigenvalue weighted by Gasteiger charge is 2.52. The molecule has 2 aromatic rings. The molecule has 0 spiro atoms. The average Bonchev–Trinajstić information content (AvgIpc) is 3.05. The average molecular weight is 451 g/mol.